The fraction of sp³-hybridized carbons (Fsp3) is 0.611. The van der Waals surface area contributed by atoms with Gasteiger partial charge in [-0.2, -0.15) is 0 Å². The van der Waals surface area contributed by atoms with Crippen molar-refractivity contribution >= 4 is 17.5 Å². The lowest BCUT2D eigenvalue weighted by Gasteiger charge is -2.32. The second-order valence-electron chi connectivity index (χ2n) is 6.32. The Labute approximate surface area is 144 Å². The Kier molecular flexibility index (Phi) is 6.72. The molecule has 0 unspecified atom stereocenters. The maximum absolute atomic E-state index is 12.3. The molecule has 128 valence electrons. The van der Waals surface area contributed by atoms with Crippen LogP contribution in [0.5, 0.6) is 5.75 Å². The topological polar surface area (TPSA) is 41.6 Å². The molecular weight excluding hydrogens is 312 g/mol. The SMILES string of the molecule is CCCN1CCC(NC(=O)[C@@H](C)Oc2cc(C)ccc2Cl)CC1. The number of halogens is 1. The molecule has 1 saturated heterocycles. The van der Waals surface area contributed by atoms with Crippen LogP contribution in [0, 0.1) is 6.92 Å². The van der Waals surface area contributed by atoms with E-state index in [0.29, 0.717) is 10.8 Å². The van der Waals surface area contributed by atoms with Gasteiger partial charge in [-0.3, -0.25) is 4.79 Å². The highest BCUT2D eigenvalue weighted by molar-refractivity contribution is 6.32. The molecule has 1 aromatic rings. The Morgan fingerprint density at radius 3 is 2.78 bits per heavy atom. The first-order valence-electron chi connectivity index (χ1n) is 8.45. The maximum atomic E-state index is 12.3. The van der Waals surface area contributed by atoms with Gasteiger partial charge in [0, 0.05) is 19.1 Å². The fourth-order valence-corrected chi connectivity index (χ4v) is 3.04. The lowest BCUT2D eigenvalue weighted by atomic mass is 10.0. The van der Waals surface area contributed by atoms with Crippen LogP contribution in [-0.2, 0) is 4.79 Å². The quantitative estimate of drug-likeness (QED) is 0.864. The zero-order valence-electron chi connectivity index (χ0n) is 14.3. The molecule has 1 amide bonds. The van der Waals surface area contributed by atoms with Gasteiger partial charge >= 0.3 is 0 Å². The van der Waals surface area contributed by atoms with Crippen molar-refractivity contribution in [2.75, 3.05) is 19.6 Å². The van der Waals surface area contributed by atoms with Crippen molar-refractivity contribution in [3.8, 4) is 5.75 Å². The molecule has 0 radical (unpaired) electrons. The number of likely N-dealkylation sites (tertiary alicyclic amines) is 1. The van der Waals surface area contributed by atoms with E-state index >= 15 is 0 Å². The van der Waals surface area contributed by atoms with Crippen LogP contribution in [0.25, 0.3) is 0 Å². The Bertz CT molecular complexity index is 528. The van der Waals surface area contributed by atoms with Crippen molar-refractivity contribution in [3.63, 3.8) is 0 Å². The summed E-state index contributed by atoms with van der Waals surface area (Å²) < 4.78 is 5.73. The molecule has 0 saturated carbocycles. The van der Waals surface area contributed by atoms with Crippen LogP contribution < -0.4 is 10.1 Å². The molecule has 2 rings (SSSR count). The molecular formula is C18H27ClN2O2. The minimum absolute atomic E-state index is 0.0727. The number of amides is 1. The molecule has 1 heterocycles. The molecule has 5 heteroatoms. The highest BCUT2D eigenvalue weighted by Crippen LogP contribution is 2.26. The van der Waals surface area contributed by atoms with Crippen molar-refractivity contribution < 1.29 is 9.53 Å². The Balaban J connectivity index is 1.82. The van der Waals surface area contributed by atoms with Crippen molar-refractivity contribution in [2.24, 2.45) is 0 Å². The molecule has 0 spiro atoms. The molecule has 1 aliphatic rings. The molecule has 1 fully saturated rings. The van der Waals surface area contributed by atoms with E-state index in [4.69, 9.17) is 16.3 Å². The van der Waals surface area contributed by atoms with Crippen molar-refractivity contribution in [1.29, 1.82) is 0 Å². The normalized spacial score (nSPS) is 17.7. The molecule has 1 N–H and O–H groups in total. The van der Waals surface area contributed by atoms with Crippen LogP contribution >= 0.6 is 11.6 Å². The van der Waals surface area contributed by atoms with Gasteiger partial charge in [0.25, 0.3) is 5.91 Å². The van der Waals surface area contributed by atoms with Gasteiger partial charge in [0.2, 0.25) is 0 Å². The number of nitrogens with one attached hydrogen (secondary N) is 1. The summed E-state index contributed by atoms with van der Waals surface area (Å²) in [5.74, 6) is 0.489. The van der Waals surface area contributed by atoms with Crippen LogP contribution in [0.2, 0.25) is 5.02 Å². The number of hydrogen-bond acceptors (Lipinski definition) is 3. The number of benzene rings is 1. The molecule has 1 aliphatic heterocycles. The first-order valence-corrected chi connectivity index (χ1v) is 8.83. The van der Waals surface area contributed by atoms with E-state index in [1.54, 1.807) is 13.0 Å². The van der Waals surface area contributed by atoms with Gasteiger partial charge in [-0.15, -0.1) is 0 Å². The summed E-state index contributed by atoms with van der Waals surface area (Å²) in [6.45, 7) is 9.18. The molecule has 0 aromatic heterocycles. The van der Waals surface area contributed by atoms with E-state index < -0.39 is 6.10 Å². The maximum Gasteiger partial charge on any atom is 0.260 e. The summed E-state index contributed by atoms with van der Waals surface area (Å²) in [5, 5.41) is 3.63. The monoisotopic (exact) mass is 338 g/mol. The van der Waals surface area contributed by atoms with E-state index in [9.17, 15) is 4.79 Å². The molecule has 0 bridgehead atoms. The van der Waals surface area contributed by atoms with E-state index in [1.807, 2.05) is 19.1 Å². The summed E-state index contributed by atoms with van der Waals surface area (Å²) in [7, 11) is 0. The number of carbonyl (C=O) groups excluding carboxylic acids is 1. The summed E-state index contributed by atoms with van der Waals surface area (Å²) >= 11 is 6.12. The van der Waals surface area contributed by atoms with Crippen molar-refractivity contribution in [1.82, 2.24) is 10.2 Å². The smallest absolute Gasteiger partial charge is 0.260 e. The van der Waals surface area contributed by atoms with Gasteiger partial charge in [-0.05, 0) is 57.4 Å². The van der Waals surface area contributed by atoms with Crippen LogP contribution in [0.4, 0.5) is 0 Å². The molecule has 23 heavy (non-hydrogen) atoms. The molecule has 1 aromatic carbocycles. The number of piperidine rings is 1. The second kappa shape index (κ2) is 8.55. The van der Waals surface area contributed by atoms with Crippen LogP contribution in [-0.4, -0.2) is 42.6 Å². The number of hydrogen-bond donors (Lipinski definition) is 1. The largest absolute Gasteiger partial charge is 0.479 e. The van der Waals surface area contributed by atoms with Crippen LogP contribution in [0.3, 0.4) is 0 Å². The van der Waals surface area contributed by atoms with Crippen LogP contribution in [0.1, 0.15) is 38.7 Å². The third-order valence-corrected chi connectivity index (χ3v) is 4.55. The van der Waals surface area contributed by atoms with E-state index in [1.165, 1.54) is 6.42 Å². The van der Waals surface area contributed by atoms with Gasteiger partial charge in [-0.1, -0.05) is 24.6 Å². The lowest BCUT2D eigenvalue weighted by molar-refractivity contribution is -0.128. The number of carbonyl (C=O) groups is 1. The predicted molar refractivity (Wildman–Crippen MR) is 94.2 cm³/mol. The fourth-order valence-electron chi connectivity index (χ4n) is 2.88. The number of aryl methyl sites for hydroxylation is 1. The van der Waals surface area contributed by atoms with Crippen molar-refractivity contribution in [2.45, 2.75) is 52.2 Å². The van der Waals surface area contributed by atoms with Gasteiger partial charge in [0.15, 0.2) is 6.10 Å². The number of ether oxygens (including phenoxy) is 1. The zero-order valence-corrected chi connectivity index (χ0v) is 15.0. The first kappa shape index (κ1) is 18.1. The predicted octanol–water partition coefficient (Wildman–Crippen LogP) is 3.41. The number of rotatable bonds is 6. The summed E-state index contributed by atoms with van der Waals surface area (Å²) in [5.41, 5.74) is 1.06. The highest BCUT2D eigenvalue weighted by Gasteiger charge is 2.23. The standard InChI is InChI=1S/C18H27ClN2O2/c1-4-9-21-10-7-15(8-11-21)20-18(22)14(3)23-17-12-13(2)5-6-16(17)19/h5-6,12,14-15H,4,7-11H2,1-3H3,(H,20,22)/t14-/m1/s1. The van der Waals surface area contributed by atoms with Gasteiger partial charge in [0.05, 0.1) is 5.02 Å². The molecule has 1 atom stereocenters. The summed E-state index contributed by atoms with van der Waals surface area (Å²) in [6.07, 6.45) is 2.63. The highest BCUT2D eigenvalue weighted by atomic mass is 35.5. The first-order chi connectivity index (χ1) is 11.0. The average Bonchev–Trinajstić information content (AvgIpc) is 2.53. The summed E-state index contributed by atoms with van der Waals surface area (Å²) in [4.78, 5) is 14.8. The van der Waals surface area contributed by atoms with E-state index in [0.717, 1.165) is 38.0 Å². The molecule has 0 aliphatic carbocycles. The Morgan fingerprint density at radius 2 is 2.13 bits per heavy atom. The van der Waals surface area contributed by atoms with E-state index in [2.05, 4.69) is 17.1 Å². The minimum Gasteiger partial charge on any atom is -0.479 e. The number of nitrogens with zero attached hydrogens (tertiary/aromatic N) is 1. The van der Waals surface area contributed by atoms with E-state index in [-0.39, 0.29) is 11.9 Å². The minimum atomic E-state index is -0.553. The van der Waals surface area contributed by atoms with Crippen LogP contribution in [0.15, 0.2) is 18.2 Å². The average molecular weight is 339 g/mol. The van der Waals surface area contributed by atoms with Gasteiger partial charge in [0.1, 0.15) is 5.75 Å². The molecule has 4 nitrogen and oxygen atoms in total. The van der Waals surface area contributed by atoms with Crippen molar-refractivity contribution in [3.05, 3.63) is 28.8 Å². The third-order valence-electron chi connectivity index (χ3n) is 4.23. The third kappa shape index (κ3) is 5.40. The zero-order chi connectivity index (χ0) is 16.8. The van der Waals surface area contributed by atoms with Gasteiger partial charge in [-0.25, -0.2) is 0 Å². The summed E-state index contributed by atoms with van der Waals surface area (Å²) in [6, 6.07) is 5.81. The lowest BCUT2D eigenvalue weighted by Crippen LogP contribution is -2.48. The Morgan fingerprint density at radius 1 is 1.43 bits per heavy atom. The van der Waals surface area contributed by atoms with Gasteiger partial charge < -0.3 is 15.0 Å². The Hall–Kier alpha value is -1.26. The second-order valence-corrected chi connectivity index (χ2v) is 6.73.